The number of likely N-dealkylation sites (N-methyl/N-ethyl adjacent to an activating group) is 1. The van der Waals surface area contributed by atoms with Gasteiger partial charge in [0.05, 0.1) is 6.26 Å². The molecule has 0 unspecified atom stereocenters. The van der Waals surface area contributed by atoms with Crippen molar-refractivity contribution in [2.24, 2.45) is 0 Å². The molecule has 0 aliphatic carbocycles. The van der Waals surface area contributed by atoms with Crippen molar-refractivity contribution in [2.75, 3.05) is 26.2 Å². The van der Waals surface area contributed by atoms with Crippen molar-refractivity contribution < 1.29 is 13.9 Å². The van der Waals surface area contributed by atoms with E-state index in [1.54, 1.807) is 24.5 Å². The number of rotatable bonds is 7. The molecule has 0 aliphatic rings. The summed E-state index contributed by atoms with van der Waals surface area (Å²) in [6.45, 7) is 7.30. The molecule has 0 bridgehead atoms. The summed E-state index contributed by atoms with van der Waals surface area (Å²) in [6, 6.07) is 3.55. The van der Waals surface area contributed by atoms with Gasteiger partial charge in [0, 0.05) is 12.6 Å². The second-order valence-corrected chi connectivity index (χ2v) is 3.54. The molecule has 4 heteroatoms. The fraction of sp³-hybridized carbons (Fsp3) is 0.462. The highest BCUT2D eigenvalue weighted by molar-refractivity contribution is 5.86. The van der Waals surface area contributed by atoms with Crippen LogP contribution in [0, 0.1) is 0 Å². The van der Waals surface area contributed by atoms with Gasteiger partial charge in [0.2, 0.25) is 0 Å². The second kappa shape index (κ2) is 7.68. The lowest BCUT2D eigenvalue weighted by Crippen LogP contribution is -2.27. The third-order valence-electron chi connectivity index (χ3n) is 2.47. The van der Waals surface area contributed by atoms with Crippen LogP contribution in [0.25, 0.3) is 6.08 Å². The summed E-state index contributed by atoms with van der Waals surface area (Å²) in [5.41, 5.74) is 0. The normalized spacial score (nSPS) is 11.2. The summed E-state index contributed by atoms with van der Waals surface area (Å²) in [5, 5.41) is 0. The van der Waals surface area contributed by atoms with E-state index in [4.69, 9.17) is 9.15 Å². The van der Waals surface area contributed by atoms with Crippen LogP contribution in [0.15, 0.2) is 28.9 Å². The quantitative estimate of drug-likeness (QED) is 0.538. The smallest absolute Gasteiger partial charge is 0.330 e. The monoisotopic (exact) mass is 237 g/mol. The van der Waals surface area contributed by atoms with Gasteiger partial charge in [0.1, 0.15) is 12.4 Å². The number of carbonyl (C=O) groups excluding carboxylic acids is 1. The van der Waals surface area contributed by atoms with E-state index in [9.17, 15) is 4.79 Å². The Hall–Kier alpha value is -1.55. The standard InChI is InChI=1S/C13H19NO3/c1-3-14(4-2)9-11-17-13(15)8-7-12-6-5-10-16-12/h5-8,10H,3-4,9,11H2,1-2H3. The van der Waals surface area contributed by atoms with Crippen molar-refractivity contribution >= 4 is 12.0 Å². The Labute approximate surface area is 102 Å². The predicted molar refractivity (Wildman–Crippen MR) is 66.5 cm³/mol. The van der Waals surface area contributed by atoms with Crippen LogP contribution in [-0.2, 0) is 9.53 Å². The van der Waals surface area contributed by atoms with Crippen molar-refractivity contribution in [3.63, 3.8) is 0 Å². The fourth-order valence-corrected chi connectivity index (χ4v) is 1.40. The Morgan fingerprint density at radius 3 is 2.82 bits per heavy atom. The van der Waals surface area contributed by atoms with E-state index < -0.39 is 0 Å². The van der Waals surface area contributed by atoms with Gasteiger partial charge >= 0.3 is 5.97 Å². The first kappa shape index (κ1) is 13.5. The highest BCUT2D eigenvalue weighted by Crippen LogP contribution is 2.02. The van der Waals surface area contributed by atoms with Gasteiger partial charge in [0.15, 0.2) is 0 Å². The van der Waals surface area contributed by atoms with Crippen molar-refractivity contribution in [1.29, 1.82) is 0 Å². The molecule has 1 aromatic rings. The third-order valence-corrected chi connectivity index (χ3v) is 2.47. The number of furan rings is 1. The maximum absolute atomic E-state index is 11.3. The van der Waals surface area contributed by atoms with Crippen LogP contribution in [0.4, 0.5) is 0 Å². The van der Waals surface area contributed by atoms with Gasteiger partial charge in [-0.3, -0.25) is 0 Å². The lowest BCUT2D eigenvalue weighted by molar-refractivity contribution is -0.138. The number of ether oxygens (including phenoxy) is 1. The number of carbonyl (C=O) groups is 1. The van der Waals surface area contributed by atoms with E-state index in [2.05, 4.69) is 18.7 Å². The van der Waals surface area contributed by atoms with Crippen molar-refractivity contribution in [3.8, 4) is 0 Å². The zero-order valence-electron chi connectivity index (χ0n) is 10.4. The van der Waals surface area contributed by atoms with Gasteiger partial charge in [-0.2, -0.15) is 0 Å². The van der Waals surface area contributed by atoms with E-state index in [1.807, 2.05) is 0 Å². The predicted octanol–water partition coefficient (Wildman–Crippen LogP) is 2.18. The Morgan fingerprint density at radius 1 is 1.47 bits per heavy atom. The number of hydrogen-bond acceptors (Lipinski definition) is 4. The molecule has 94 valence electrons. The third kappa shape index (κ3) is 5.36. The number of hydrogen-bond donors (Lipinski definition) is 0. The van der Waals surface area contributed by atoms with Gasteiger partial charge in [-0.1, -0.05) is 13.8 Å². The summed E-state index contributed by atoms with van der Waals surface area (Å²) in [7, 11) is 0. The summed E-state index contributed by atoms with van der Waals surface area (Å²) in [6.07, 6.45) is 4.53. The molecule has 0 aliphatic heterocycles. The Balaban J connectivity index is 2.21. The lowest BCUT2D eigenvalue weighted by Gasteiger charge is -2.16. The molecular weight excluding hydrogens is 218 g/mol. The maximum atomic E-state index is 11.3. The van der Waals surface area contributed by atoms with Gasteiger partial charge in [-0.25, -0.2) is 4.79 Å². The van der Waals surface area contributed by atoms with Crippen LogP contribution < -0.4 is 0 Å². The van der Waals surface area contributed by atoms with E-state index >= 15 is 0 Å². The molecular formula is C13H19NO3. The Kier molecular flexibility index (Phi) is 6.10. The summed E-state index contributed by atoms with van der Waals surface area (Å²) >= 11 is 0. The SMILES string of the molecule is CCN(CC)CCOC(=O)C=Cc1ccco1. The van der Waals surface area contributed by atoms with Crippen LogP contribution in [0.1, 0.15) is 19.6 Å². The molecule has 0 atom stereocenters. The summed E-state index contributed by atoms with van der Waals surface area (Å²) in [5.74, 6) is 0.305. The molecule has 0 saturated heterocycles. The number of esters is 1. The van der Waals surface area contributed by atoms with Crippen LogP contribution in [-0.4, -0.2) is 37.1 Å². The molecule has 1 aromatic heterocycles. The van der Waals surface area contributed by atoms with Crippen LogP contribution in [0.5, 0.6) is 0 Å². The largest absolute Gasteiger partial charge is 0.465 e. The topological polar surface area (TPSA) is 42.7 Å². The zero-order chi connectivity index (χ0) is 12.5. The minimum absolute atomic E-state index is 0.339. The fourth-order valence-electron chi connectivity index (χ4n) is 1.40. The molecule has 0 fully saturated rings. The Bertz CT molecular complexity index is 340. The van der Waals surface area contributed by atoms with Gasteiger partial charge in [-0.15, -0.1) is 0 Å². The average Bonchev–Trinajstić information content (AvgIpc) is 2.85. The first-order chi connectivity index (χ1) is 8.26. The summed E-state index contributed by atoms with van der Waals surface area (Å²) < 4.78 is 10.1. The van der Waals surface area contributed by atoms with Crippen molar-refractivity contribution in [1.82, 2.24) is 4.90 Å². The molecule has 0 spiro atoms. The first-order valence-electron chi connectivity index (χ1n) is 5.87. The molecule has 0 aromatic carbocycles. The van der Waals surface area contributed by atoms with Gasteiger partial charge in [0.25, 0.3) is 0 Å². The van der Waals surface area contributed by atoms with Crippen LogP contribution in [0.2, 0.25) is 0 Å². The molecule has 17 heavy (non-hydrogen) atoms. The van der Waals surface area contributed by atoms with Gasteiger partial charge < -0.3 is 14.1 Å². The molecule has 1 rings (SSSR count). The van der Waals surface area contributed by atoms with E-state index in [0.29, 0.717) is 12.4 Å². The minimum atomic E-state index is -0.339. The molecule has 4 nitrogen and oxygen atoms in total. The summed E-state index contributed by atoms with van der Waals surface area (Å²) in [4.78, 5) is 13.5. The first-order valence-corrected chi connectivity index (χ1v) is 5.87. The maximum Gasteiger partial charge on any atom is 0.330 e. The lowest BCUT2D eigenvalue weighted by atomic mass is 10.4. The zero-order valence-corrected chi connectivity index (χ0v) is 10.4. The minimum Gasteiger partial charge on any atom is -0.465 e. The van der Waals surface area contributed by atoms with E-state index in [-0.39, 0.29) is 5.97 Å². The average molecular weight is 237 g/mol. The van der Waals surface area contributed by atoms with Crippen LogP contribution in [0.3, 0.4) is 0 Å². The second-order valence-electron chi connectivity index (χ2n) is 3.54. The van der Waals surface area contributed by atoms with Crippen molar-refractivity contribution in [2.45, 2.75) is 13.8 Å². The highest BCUT2D eigenvalue weighted by Gasteiger charge is 2.01. The van der Waals surface area contributed by atoms with E-state index in [1.165, 1.54) is 6.08 Å². The molecule has 0 amide bonds. The Morgan fingerprint density at radius 2 is 2.24 bits per heavy atom. The van der Waals surface area contributed by atoms with Crippen molar-refractivity contribution in [3.05, 3.63) is 30.2 Å². The number of nitrogens with zero attached hydrogens (tertiary/aromatic N) is 1. The highest BCUT2D eigenvalue weighted by atomic mass is 16.5. The molecule has 0 N–H and O–H groups in total. The molecule has 1 heterocycles. The molecule has 0 saturated carbocycles. The van der Waals surface area contributed by atoms with Gasteiger partial charge in [-0.05, 0) is 31.3 Å². The molecule has 0 radical (unpaired) electrons. The van der Waals surface area contributed by atoms with E-state index in [0.717, 1.165) is 19.6 Å². The van der Waals surface area contributed by atoms with Crippen LogP contribution >= 0.6 is 0 Å².